The first-order valence-electron chi connectivity index (χ1n) is 7.45. The molecule has 19 heavy (non-hydrogen) atoms. The van der Waals surface area contributed by atoms with E-state index in [-0.39, 0.29) is 5.41 Å². The van der Waals surface area contributed by atoms with Crippen LogP contribution in [0.2, 0.25) is 0 Å². The average molecular weight is 277 g/mol. The molecule has 0 amide bonds. The molecule has 5 rings (SSSR count). The number of nitrogens with zero attached hydrogens (tertiary/aromatic N) is 2. The Bertz CT molecular complexity index is 581. The van der Waals surface area contributed by atoms with E-state index in [1.807, 2.05) is 0 Å². The zero-order valence-corrected chi connectivity index (χ0v) is 12.9. The first-order chi connectivity index (χ1) is 8.83. The van der Waals surface area contributed by atoms with E-state index in [1.165, 1.54) is 44.3 Å². The largest absolute Gasteiger partial charge is 0.307 e. The van der Waals surface area contributed by atoms with Crippen molar-refractivity contribution in [3.63, 3.8) is 0 Å². The molecule has 0 saturated heterocycles. The highest BCUT2D eigenvalue weighted by Crippen LogP contribution is 2.69. The van der Waals surface area contributed by atoms with Gasteiger partial charge in [-0.3, -0.25) is 5.10 Å². The summed E-state index contributed by atoms with van der Waals surface area (Å²) in [6.07, 6.45) is 8.20. The molecular formula is C15H23N3S. The maximum Gasteiger partial charge on any atom is 0.194 e. The highest BCUT2D eigenvalue weighted by molar-refractivity contribution is 7.71. The Kier molecular flexibility index (Phi) is 2.12. The molecule has 1 N–H and O–H groups in total. The van der Waals surface area contributed by atoms with Crippen LogP contribution >= 0.6 is 12.2 Å². The molecule has 3 nitrogen and oxygen atoms in total. The van der Waals surface area contributed by atoms with Crippen LogP contribution in [0.3, 0.4) is 0 Å². The summed E-state index contributed by atoms with van der Waals surface area (Å²) in [6, 6.07) is 0. The van der Waals surface area contributed by atoms with Gasteiger partial charge < -0.3 is 4.57 Å². The van der Waals surface area contributed by atoms with Gasteiger partial charge in [-0.05, 0) is 67.5 Å². The Morgan fingerprint density at radius 2 is 1.79 bits per heavy atom. The highest BCUT2D eigenvalue weighted by Gasteiger charge is 2.61. The Morgan fingerprint density at radius 3 is 2.26 bits per heavy atom. The third-order valence-electron chi connectivity index (χ3n) is 5.98. The maximum absolute atomic E-state index is 5.33. The molecular weight excluding hydrogens is 254 g/mol. The zero-order chi connectivity index (χ0) is 13.5. The molecule has 4 fully saturated rings. The molecule has 0 spiro atoms. The second-order valence-corrected chi connectivity index (χ2v) is 8.71. The molecule has 4 heteroatoms. The van der Waals surface area contributed by atoms with Crippen LogP contribution in [-0.2, 0) is 12.5 Å². The second-order valence-electron chi connectivity index (χ2n) is 8.32. The number of H-pyrrole nitrogens is 1. The van der Waals surface area contributed by atoms with E-state index in [9.17, 15) is 0 Å². The van der Waals surface area contributed by atoms with Crippen LogP contribution in [0.4, 0.5) is 0 Å². The smallest absolute Gasteiger partial charge is 0.194 e. The molecule has 0 aromatic carbocycles. The number of aromatic amines is 1. The van der Waals surface area contributed by atoms with Crippen molar-refractivity contribution >= 4 is 12.2 Å². The lowest BCUT2D eigenvalue weighted by molar-refractivity contribution is -0.113. The lowest BCUT2D eigenvalue weighted by atomic mass is 9.40. The van der Waals surface area contributed by atoms with Gasteiger partial charge in [-0.25, -0.2) is 0 Å². The lowest BCUT2D eigenvalue weighted by Crippen LogP contribution is -2.57. The van der Waals surface area contributed by atoms with E-state index < -0.39 is 0 Å². The van der Waals surface area contributed by atoms with Gasteiger partial charge in [-0.15, -0.1) is 0 Å². The SMILES string of the molecule is Cn1c(C23CC4CC(C)(CC(C)(C4)C2)C3)n[nH]c1=S. The summed E-state index contributed by atoms with van der Waals surface area (Å²) in [6.45, 7) is 5.01. The molecule has 0 radical (unpaired) electrons. The first-order valence-corrected chi connectivity index (χ1v) is 7.86. The summed E-state index contributed by atoms with van der Waals surface area (Å²) in [5.41, 5.74) is 1.34. The minimum atomic E-state index is 0.283. The van der Waals surface area contributed by atoms with Gasteiger partial charge in [0.25, 0.3) is 0 Å². The van der Waals surface area contributed by atoms with Gasteiger partial charge in [-0.1, -0.05) is 13.8 Å². The molecule has 0 aliphatic heterocycles. The molecule has 4 saturated carbocycles. The van der Waals surface area contributed by atoms with E-state index in [0.717, 1.165) is 10.7 Å². The van der Waals surface area contributed by atoms with Gasteiger partial charge in [0, 0.05) is 12.5 Å². The molecule has 4 aliphatic rings. The topological polar surface area (TPSA) is 33.6 Å². The van der Waals surface area contributed by atoms with Crippen LogP contribution in [0.5, 0.6) is 0 Å². The standard InChI is InChI=1S/C15H23N3S/c1-13-4-10-5-14(2,7-13)9-15(6-10,8-13)11-16-17-12(19)18(11)3/h10H,4-9H2,1-3H3,(H,17,19). The summed E-state index contributed by atoms with van der Waals surface area (Å²) >= 11 is 5.33. The van der Waals surface area contributed by atoms with Crippen LogP contribution in [0.25, 0.3) is 0 Å². The van der Waals surface area contributed by atoms with Gasteiger partial charge in [0.2, 0.25) is 0 Å². The fraction of sp³-hybridized carbons (Fsp3) is 0.867. The molecule has 104 valence electrons. The lowest BCUT2D eigenvalue weighted by Gasteiger charge is -2.64. The van der Waals surface area contributed by atoms with Crippen molar-refractivity contribution in [3.8, 4) is 0 Å². The third-order valence-corrected chi connectivity index (χ3v) is 6.35. The van der Waals surface area contributed by atoms with Crippen molar-refractivity contribution in [1.29, 1.82) is 0 Å². The number of nitrogens with one attached hydrogen (secondary N) is 1. The van der Waals surface area contributed by atoms with Gasteiger partial charge in [0.1, 0.15) is 5.82 Å². The maximum atomic E-state index is 5.33. The molecule has 1 heterocycles. The van der Waals surface area contributed by atoms with E-state index >= 15 is 0 Å². The van der Waals surface area contributed by atoms with Gasteiger partial charge in [0.15, 0.2) is 4.77 Å². The Balaban J connectivity index is 1.87. The van der Waals surface area contributed by atoms with Gasteiger partial charge >= 0.3 is 0 Å². The Hall–Kier alpha value is -0.640. The third kappa shape index (κ3) is 1.55. The molecule has 2 atom stereocenters. The number of rotatable bonds is 1. The van der Waals surface area contributed by atoms with E-state index in [4.69, 9.17) is 12.2 Å². The number of hydrogen-bond donors (Lipinski definition) is 1. The van der Waals surface area contributed by atoms with Crippen LogP contribution < -0.4 is 0 Å². The van der Waals surface area contributed by atoms with Crippen molar-refractivity contribution in [2.75, 3.05) is 0 Å². The quantitative estimate of drug-likeness (QED) is 0.794. The molecule has 1 aromatic rings. The van der Waals surface area contributed by atoms with E-state index in [2.05, 4.69) is 35.7 Å². The minimum absolute atomic E-state index is 0.283. The highest BCUT2D eigenvalue weighted by atomic mass is 32.1. The Labute approximate surface area is 119 Å². The summed E-state index contributed by atoms with van der Waals surface area (Å²) < 4.78 is 2.89. The summed E-state index contributed by atoms with van der Waals surface area (Å²) in [5.74, 6) is 2.12. The van der Waals surface area contributed by atoms with Crippen molar-refractivity contribution in [1.82, 2.24) is 14.8 Å². The van der Waals surface area contributed by atoms with Crippen LogP contribution in [0.15, 0.2) is 0 Å². The van der Waals surface area contributed by atoms with Crippen molar-refractivity contribution in [3.05, 3.63) is 10.6 Å². The monoisotopic (exact) mass is 277 g/mol. The van der Waals surface area contributed by atoms with Crippen molar-refractivity contribution in [2.24, 2.45) is 23.8 Å². The van der Waals surface area contributed by atoms with E-state index in [0.29, 0.717) is 10.8 Å². The average Bonchev–Trinajstić information content (AvgIpc) is 2.54. The Morgan fingerprint density at radius 1 is 1.16 bits per heavy atom. The van der Waals surface area contributed by atoms with Crippen LogP contribution in [0, 0.1) is 21.5 Å². The number of aromatic nitrogens is 3. The predicted octanol–water partition coefficient (Wildman–Crippen LogP) is 3.73. The molecule has 1 aromatic heterocycles. The normalized spacial score (nSPS) is 47.8. The first kappa shape index (κ1) is 12.1. The zero-order valence-electron chi connectivity index (χ0n) is 12.1. The van der Waals surface area contributed by atoms with Crippen LogP contribution in [-0.4, -0.2) is 14.8 Å². The number of hydrogen-bond acceptors (Lipinski definition) is 2. The van der Waals surface area contributed by atoms with Gasteiger partial charge in [-0.2, -0.15) is 5.10 Å². The van der Waals surface area contributed by atoms with E-state index in [1.54, 1.807) is 0 Å². The molecule has 2 unspecified atom stereocenters. The van der Waals surface area contributed by atoms with Gasteiger partial charge in [0.05, 0.1) is 0 Å². The molecule has 4 aliphatic carbocycles. The van der Waals surface area contributed by atoms with Crippen molar-refractivity contribution in [2.45, 2.75) is 57.8 Å². The predicted molar refractivity (Wildman–Crippen MR) is 77.5 cm³/mol. The summed E-state index contributed by atoms with van der Waals surface area (Å²) in [7, 11) is 2.07. The fourth-order valence-electron chi connectivity index (χ4n) is 6.52. The minimum Gasteiger partial charge on any atom is -0.307 e. The summed E-state index contributed by atoms with van der Waals surface area (Å²) in [4.78, 5) is 0. The summed E-state index contributed by atoms with van der Waals surface area (Å²) in [5, 5.41) is 7.62. The fourth-order valence-corrected chi connectivity index (χ4v) is 6.65. The van der Waals surface area contributed by atoms with Crippen molar-refractivity contribution < 1.29 is 0 Å². The molecule has 4 bridgehead atoms. The van der Waals surface area contributed by atoms with Crippen LogP contribution in [0.1, 0.15) is 58.2 Å². The second kappa shape index (κ2) is 3.33.